The molecule has 1 aliphatic heterocycles. The van der Waals surface area contributed by atoms with Gasteiger partial charge < -0.3 is 25.0 Å². The van der Waals surface area contributed by atoms with Crippen molar-refractivity contribution in [3.8, 4) is 11.5 Å². The minimum Gasteiger partial charge on any atom is -0.484 e. The van der Waals surface area contributed by atoms with Crippen molar-refractivity contribution in [2.24, 2.45) is 0 Å². The van der Waals surface area contributed by atoms with Crippen LogP contribution in [0.3, 0.4) is 0 Å². The third-order valence-corrected chi connectivity index (χ3v) is 6.70. The Labute approximate surface area is 209 Å². The van der Waals surface area contributed by atoms with Crippen LogP contribution in [-0.2, 0) is 9.59 Å². The van der Waals surface area contributed by atoms with Gasteiger partial charge in [-0.15, -0.1) is 0 Å². The Morgan fingerprint density at radius 1 is 1.00 bits per heavy atom. The lowest BCUT2D eigenvalue weighted by Gasteiger charge is -2.36. The highest BCUT2D eigenvalue weighted by Gasteiger charge is 2.32. The summed E-state index contributed by atoms with van der Waals surface area (Å²) in [6.45, 7) is 3.24. The second kappa shape index (κ2) is 11.2. The number of nitrogens with zero attached hydrogens (tertiary/aromatic N) is 1. The fourth-order valence-corrected chi connectivity index (χ4v) is 4.68. The van der Waals surface area contributed by atoms with E-state index in [2.05, 4.69) is 15.5 Å². The quantitative estimate of drug-likeness (QED) is 0.589. The molecule has 0 aromatic heterocycles. The highest BCUT2D eigenvalue weighted by molar-refractivity contribution is 6.31. The first-order valence-corrected chi connectivity index (χ1v) is 12.4. The topological polar surface area (TPSA) is 79.9 Å². The lowest BCUT2D eigenvalue weighted by molar-refractivity contribution is -0.129. The zero-order chi connectivity index (χ0) is 24.1. The smallest absolute Gasteiger partial charge is 0.263 e. The van der Waals surface area contributed by atoms with Gasteiger partial charge in [-0.1, -0.05) is 23.2 Å². The number of fused-ring (bicyclic) bond motifs is 1. The van der Waals surface area contributed by atoms with E-state index in [1.165, 1.54) is 0 Å². The van der Waals surface area contributed by atoms with Crippen LogP contribution in [0.2, 0.25) is 10.0 Å². The van der Waals surface area contributed by atoms with E-state index < -0.39 is 6.10 Å². The van der Waals surface area contributed by atoms with E-state index in [-0.39, 0.29) is 30.5 Å². The second-order valence-electron chi connectivity index (χ2n) is 8.62. The van der Waals surface area contributed by atoms with Gasteiger partial charge in [0.05, 0.1) is 12.2 Å². The van der Waals surface area contributed by atoms with Gasteiger partial charge in [-0.3, -0.25) is 9.59 Å². The van der Waals surface area contributed by atoms with E-state index >= 15 is 0 Å². The predicted molar refractivity (Wildman–Crippen MR) is 133 cm³/mol. The maximum absolute atomic E-state index is 12.9. The van der Waals surface area contributed by atoms with Crippen LogP contribution in [0.5, 0.6) is 11.5 Å². The van der Waals surface area contributed by atoms with Crippen molar-refractivity contribution in [2.75, 3.05) is 24.6 Å². The summed E-state index contributed by atoms with van der Waals surface area (Å²) in [6, 6.07) is 12.5. The van der Waals surface area contributed by atoms with Crippen LogP contribution in [0, 0.1) is 0 Å². The lowest BCUT2D eigenvalue weighted by atomic mass is 9.91. The summed E-state index contributed by atoms with van der Waals surface area (Å²) in [5.74, 6) is 1.01. The van der Waals surface area contributed by atoms with Crippen molar-refractivity contribution in [3.63, 3.8) is 0 Å². The number of hydrogen-bond acceptors (Lipinski definition) is 5. The number of amides is 2. The number of nitrogens with one attached hydrogen (secondary N) is 2. The van der Waals surface area contributed by atoms with Crippen LogP contribution in [0.1, 0.15) is 32.6 Å². The molecule has 0 spiro atoms. The molecule has 2 N–H and O–H groups in total. The molecule has 7 nitrogen and oxygen atoms in total. The molecule has 2 amide bonds. The van der Waals surface area contributed by atoms with Crippen molar-refractivity contribution in [3.05, 3.63) is 52.5 Å². The molecule has 1 heterocycles. The Hall–Kier alpha value is -2.64. The fraction of sp³-hybridized carbons (Fsp3) is 0.440. The highest BCUT2D eigenvalue weighted by atomic mass is 35.5. The molecule has 4 rings (SSSR count). The van der Waals surface area contributed by atoms with Crippen molar-refractivity contribution >= 4 is 40.7 Å². The molecule has 0 bridgehead atoms. The first-order valence-electron chi connectivity index (χ1n) is 11.6. The van der Waals surface area contributed by atoms with Crippen LogP contribution in [0.4, 0.5) is 5.69 Å². The van der Waals surface area contributed by atoms with Crippen molar-refractivity contribution in [1.82, 2.24) is 10.6 Å². The third kappa shape index (κ3) is 6.27. The third-order valence-electron chi connectivity index (χ3n) is 6.21. The lowest BCUT2D eigenvalue weighted by Crippen LogP contribution is -2.52. The standard InChI is InChI=1S/C25H29Cl2N3O4/c1-2-30-14-23(34-22-12-5-17(27)13-21(22)30)25(32)29-19-8-6-18(7-9-19)28-24(31)15-33-20-10-3-16(26)4-11-20/h3-5,10-13,18-19,23H,2,6-9,14-15H2,1H3,(H,28,31)(H,29,32)/t18-,19-,23-/m1/s1. The fourth-order valence-electron chi connectivity index (χ4n) is 4.39. The maximum Gasteiger partial charge on any atom is 0.263 e. The predicted octanol–water partition coefficient (Wildman–Crippen LogP) is 4.20. The SMILES string of the molecule is CCN1C[C@H](C(=O)N[C@H]2CC[C@H](NC(=O)COc3ccc(Cl)cc3)CC2)Oc2ccc(Cl)cc21. The molecular weight excluding hydrogens is 477 g/mol. The monoisotopic (exact) mass is 505 g/mol. The van der Waals surface area contributed by atoms with Crippen LogP contribution in [0.25, 0.3) is 0 Å². The molecular formula is C25H29Cl2N3O4. The number of carbonyl (C=O) groups is 2. The largest absolute Gasteiger partial charge is 0.484 e. The average molecular weight is 506 g/mol. The van der Waals surface area contributed by atoms with Crippen molar-refractivity contribution < 1.29 is 19.1 Å². The first-order chi connectivity index (χ1) is 16.4. The van der Waals surface area contributed by atoms with Gasteiger partial charge in [0.2, 0.25) is 0 Å². The summed E-state index contributed by atoms with van der Waals surface area (Å²) in [5.41, 5.74) is 0.912. The number of ether oxygens (including phenoxy) is 2. The Kier molecular flexibility index (Phi) is 8.06. The van der Waals surface area contributed by atoms with Gasteiger partial charge in [-0.25, -0.2) is 0 Å². The number of halogens is 2. The number of likely N-dealkylation sites (N-methyl/N-ethyl adjacent to an activating group) is 1. The van der Waals surface area contributed by atoms with Crippen LogP contribution in [-0.4, -0.2) is 49.7 Å². The van der Waals surface area contributed by atoms with Gasteiger partial charge in [0.25, 0.3) is 11.8 Å². The maximum atomic E-state index is 12.9. The first kappa shape index (κ1) is 24.5. The Balaban J connectivity index is 1.21. The zero-order valence-corrected chi connectivity index (χ0v) is 20.6. The Bertz CT molecular complexity index is 1010. The number of benzene rings is 2. The minimum absolute atomic E-state index is 0.0437. The average Bonchev–Trinajstić information content (AvgIpc) is 2.84. The van der Waals surface area contributed by atoms with E-state index in [0.29, 0.717) is 28.1 Å². The van der Waals surface area contributed by atoms with Crippen molar-refractivity contribution in [2.45, 2.75) is 50.8 Å². The molecule has 2 aliphatic rings. The minimum atomic E-state index is -0.573. The number of rotatable bonds is 7. The van der Waals surface area contributed by atoms with Crippen LogP contribution < -0.4 is 25.0 Å². The summed E-state index contributed by atoms with van der Waals surface area (Å²) >= 11 is 12.0. The molecule has 1 fully saturated rings. The molecule has 9 heteroatoms. The summed E-state index contributed by atoms with van der Waals surface area (Å²) in [5, 5.41) is 7.42. The number of anilines is 1. The summed E-state index contributed by atoms with van der Waals surface area (Å²) in [4.78, 5) is 27.3. The van der Waals surface area contributed by atoms with Gasteiger partial charge in [0.1, 0.15) is 11.5 Å². The Morgan fingerprint density at radius 2 is 1.65 bits per heavy atom. The molecule has 1 atom stereocenters. The molecule has 0 saturated heterocycles. The summed E-state index contributed by atoms with van der Waals surface area (Å²) in [7, 11) is 0. The van der Waals surface area contributed by atoms with E-state index in [9.17, 15) is 9.59 Å². The van der Waals surface area contributed by atoms with E-state index in [4.69, 9.17) is 32.7 Å². The summed E-state index contributed by atoms with van der Waals surface area (Å²) < 4.78 is 11.5. The zero-order valence-electron chi connectivity index (χ0n) is 19.1. The Morgan fingerprint density at radius 3 is 2.32 bits per heavy atom. The molecule has 0 radical (unpaired) electrons. The second-order valence-corrected chi connectivity index (χ2v) is 9.50. The van der Waals surface area contributed by atoms with Gasteiger partial charge in [-0.05, 0) is 75.1 Å². The van der Waals surface area contributed by atoms with E-state index in [0.717, 1.165) is 37.9 Å². The highest BCUT2D eigenvalue weighted by Crippen LogP contribution is 2.35. The van der Waals surface area contributed by atoms with Gasteiger partial charge >= 0.3 is 0 Å². The summed E-state index contributed by atoms with van der Waals surface area (Å²) in [6.07, 6.45) is 2.61. The van der Waals surface area contributed by atoms with Gasteiger partial charge in [0, 0.05) is 28.7 Å². The normalized spacial score (nSPS) is 21.7. The molecule has 1 aliphatic carbocycles. The van der Waals surface area contributed by atoms with Gasteiger partial charge in [-0.2, -0.15) is 0 Å². The molecule has 0 unspecified atom stereocenters. The van der Waals surface area contributed by atoms with Crippen molar-refractivity contribution in [1.29, 1.82) is 0 Å². The van der Waals surface area contributed by atoms with Crippen LogP contribution in [0.15, 0.2) is 42.5 Å². The van der Waals surface area contributed by atoms with Crippen LogP contribution >= 0.6 is 23.2 Å². The van der Waals surface area contributed by atoms with E-state index in [1.54, 1.807) is 30.3 Å². The molecule has 2 aromatic carbocycles. The molecule has 2 aromatic rings. The number of carbonyl (C=O) groups excluding carboxylic acids is 2. The van der Waals surface area contributed by atoms with E-state index in [1.807, 2.05) is 19.1 Å². The molecule has 182 valence electrons. The van der Waals surface area contributed by atoms with Gasteiger partial charge in [0.15, 0.2) is 12.7 Å². The number of hydrogen-bond donors (Lipinski definition) is 2. The molecule has 34 heavy (non-hydrogen) atoms. The molecule has 1 saturated carbocycles.